The summed E-state index contributed by atoms with van der Waals surface area (Å²) in [6.45, 7) is 6.23. The summed E-state index contributed by atoms with van der Waals surface area (Å²) < 4.78 is 0. The van der Waals surface area contributed by atoms with E-state index in [1.54, 1.807) is 0 Å². The van der Waals surface area contributed by atoms with Crippen LogP contribution >= 0.6 is 0 Å². The van der Waals surface area contributed by atoms with Gasteiger partial charge in [-0.25, -0.2) is 0 Å². The van der Waals surface area contributed by atoms with Gasteiger partial charge in [-0.2, -0.15) is 0 Å². The molecule has 1 heteroatoms. The first-order valence-electron chi connectivity index (χ1n) is 6.88. The van der Waals surface area contributed by atoms with Gasteiger partial charge in [-0.3, -0.25) is 4.99 Å². The van der Waals surface area contributed by atoms with Gasteiger partial charge in [0.2, 0.25) is 0 Å². The van der Waals surface area contributed by atoms with Gasteiger partial charge >= 0.3 is 0 Å². The average molecular weight is 229 g/mol. The van der Waals surface area contributed by atoms with Crippen LogP contribution in [0.15, 0.2) is 41.4 Å². The highest BCUT2D eigenvalue weighted by Gasteiger charge is 2.28. The molecule has 0 N–H and O–H groups in total. The van der Waals surface area contributed by atoms with Crippen LogP contribution in [0.5, 0.6) is 0 Å². The Bertz CT molecular complexity index is 365. The van der Waals surface area contributed by atoms with Gasteiger partial charge in [-0.05, 0) is 31.3 Å². The third kappa shape index (κ3) is 2.77. The maximum absolute atomic E-state index is 5.08. The molecular weight excluding hydrogens is 206 g/mol. The fraction of sp³-hybridized carbons (Fsp3) is 0.562. The maximum Gasteiger partial charge on any atom is 0.0788 e. The highest BCUT2D eigenvalue weighted by molar-refractivity contribution is 6.01. The van der Waals surface area contributed by atoms with Crippen LogP contribution < -0.4 is 0 Å². The van der Waals surface area contributed by atoms with E-state index in [1.807, 2.05) is 0 Å². The number of aliphatic imine (C=N–C) groups is 1. The first kappa shape index (κ1) is 12.3. The van der Waals surface area contributed by atoms with Gasteiger partial charge in [-0.1, -0.05) is 50.5 Å². The lowest BCUT2D eigenvalue weighted by molar-refractivity contribution is 0.361. The number of hydrogen-bond acceptors (Lipinski definition) is 1. The smallest absolute Gasteiger partial charge is 0.0788 e. The van der Waals surface area contributed by atoms with Crippen molar-refractivity contribution >= 4 is 5.71 Å². The zero-order valence-electron chi connectivity index (χ0n) is 10.9. The van der Waals surface area contributed by atoms with Crippen molar-refractivity contribution < 1.29 is 0 Å². The predicted molar refractivity (Wildman–Crippen MR) is 75.6 cm³/mol. The topological polar surface area (TPSA) is 12.4 Å². The molecule has 92 valence electrons. The molecule has 0 aromatic carbocycles. The molecule has 0 atom stereocenters. The van der Waals surface area contributed by atoms with Gasteiger partial charge in [0.05, 0.1) is 5.54 Å². The Labute approximate surface area is 105 Å². The Kier molecular flexibility index (Phi) is 3.98. The van der Waals surface area contributed by atoms with Crippen LogP contribution in [0.25, 0.3) is 0 Å². The predicted octanol–water partition coefficient (Wildman–Crippen LogP) is 4.61. The largest absolute Gasteiger partial charge is 0.279 e. The summed E-state index contributed by atoms with van der Waals surface area (Å²) in [4.78, 5) is 5.08. The summed E-state index contributed by atoms with van der Waals surface area (Å²) >= 11 is 0. The number of rotatable bonds is 4. The van der Waals surface area contributed by atoms with Crippen molar-refractivity contribution in [2.24, 2.45) is 4.99 Å². The van der Waals surface area contributed by atoms with E-state index in [0.29, 0.717) is 0 Å². The lowest BCUT2D eigenvalue weighted by Gasteiger charge is -2.31. The standard InChI is InChI=1S/C16H23N/c1-3-15(14-10-6-7-11-14)17-16(4-2)12-8-5-9-13-16/h4,6-7,10H,2-3,5,8-9,11-13H2,1H3. The first-order valence-corrected chi connectivity index (χ1v) is 6.88. The van der Waals surface area contributed by atoms with Crippen LogP contribution in [-0.2, 0) is 0 Å². The van der Waals surface area contributed by atoms with Gasteiger partial charge in [0, 0.05) is 5.71 Å². The van der Waals surface area contributed by atoms with Crippen LogP contribution in [0.3, 0.4) is 0 Å². The molecule has 0 spiro atoms. The molecule has 1 fully saturated rings. The second-order valence-corrected chi connectivity index (χ2v) is 5.10. The third-order valence-electron chi connectivity index (χ3n) is 3.93. The minimum absolute atomic E-state index is 0.0347. The first-order chi connectivity index (χ1) is 8.29. The van der Waals surface area contributed by atoms with Crippen LogP contribution in [0.4, 0.5) is 0 Å². The van der Waals surface area contributed by atoms with E-state index in [9.17, 15) is 0 Å². The lowest BCUT2D eigenvalue weighted by atomic mass is 9.82. The zero-order valence-corrected chi connectivity index (χ0v) is 10.9. The van der Waals surface area contributed by atoms with Crippen LogP contribution in [-0.4, -0.2) is 11.3 Å². The number of hydrogen-bond donors (Lipinski definition) is 0. The van der Waals surface area contributed by atoms with E-state index < -0.39 is 0 Å². The molecule has 0 aromatic heterocycles. The van der Waals surface area contributed by atoms with Crippen molar-refractivity contribution in [3.63, 3.8) is 0 Å². The van der Waals surface area contributed by atoms with Crippen LogP contribution in [0.2, 0.25) is 0 Å². The van der Waals surface area contributed by atoms with Crippen molar-refractivity contribution in [2.45, 2.75) is 57.4 Å². The molecule has 17 heavy (non-hydrogen) atoms. The molecule has 1 saturated carbocycles. The molecule has 0 aromatic rings. The SMILES string of the molecule is C=CC1(N=C(CC)C2=CC=CC2)CCCCC1. The third-order valence-corrected chi connectivity index (χ3v) is 3.93. The Balaban J connectivity index is 2.21. The minimum atomic E-state index is 0.0347. The average Bonchev–Trinajstić information content (AvgIpc) is 2.91. The second kappa shape index (κ2) is 5.48. The Morgan fingerprint density at radius 2 is 2.18 bits per heavy atom. The van der Waals surface area contributed by atoms with Gasteiger partial charge in [0.1, 0.15) is 0 Å². The molecule has 0 heterocycles. The van der Waals surface area contributed by atoms with E-state index in [4.69, 9.17) is 4.99 Å². The van der Waals surface area contributed by atoms with Crippen LogP contribution in [0, 0.1) is 0 Å². The molecular formula is C16H23N. The van der Waals surface area contributed by atoms with E-state index in [0.717, 1.165) is 12.8 Å². The van der Waals surface area contributed by atoms with E-state index in [1.165, 1.54) is 43.4 Å². The Morgan fingerprint density at radius 1 is 1.41 bits per heavy atom. The van der Waals surface area contributed by atoms with Crippen molar-refractivity contribution in [1.82, 2.24) is 0 Å². The summed E-state index contributed by atoms with van der Waals surface area (Å²) in [7, 11) is 0. The lowest BCUT2D eigenvalue weighted by Crippen LogP contribution is -2.28. The molecule has 2 aliphatic rings. The summed E-state index contributed by atoms with van der Waals surface area (Å²) in [5.41, 5.74) is 2.73. The fourth-order valence-electron chi connectivity index (χ4n) is 2.83. The van der Waals surface area contributed by atoms with E-state index in [2.05, 4.69) is 37.8 Å². The van der Waals surface area contributed by atoms with Crippen molar-refractivity contribution in [2.75, 3.05) is 0 Å². The van der Waals surface area contributed by atoms with Gasteiger partial charge in [0.15, 0.2) is 0 Å². The summed E-state index contributed by atoms with van der Waals surface area (Å²) in [5.74, 6) is 0. The van der Waals surface area contributed by atoms with Gasteiger partial charge < -0.3 is 0 Å². The highest BCUT2D eigenvalue weighted by atomic mass is 14.9. The molecule has 0 unspecified atom stereocenters. The normalized spacial score (nSPS) is 23.6. The zero-order chi connectivity index (χ0) is 12.1. The fourth-order valence-corrected chi connectivity index (χ4v) is 2.83. The van der Waals surface area contributed by atoms with Gasteiger partial charge in [-0.15, -0.1) is 6.58 Å². The molecule has 0 aliphatic heterocycles. The summed E-state index contributed by atoms with van der Waals surface area (Å²) in [5, 5.41) is 0. The number of allylic oxidation sites excluding steroid dienone is 4. The molecule has 0 bridgehead atoms. The molecule has 1 nitrogen and oxygen atoms in total. The molecule has 0 saturated heterocycles. The molecule has 0 amide bonds. The van der Waals surface area contributed by atoms with Crippen molar-refractivity contribution in [3.05, 3.63) is 36.5 Å². The number of nitrogens with zero attached hydrogens (tertiary/aromatic N) is 1. The highest BCUT2D eigenvalue weighted by Crippen LogP contribution is 2.34. The van der Waals surface area contributed by atoms with E-state index in [-0.39, 0.29) is 5.54 Å². The maximum atomic E-state index is 5.08. The monoisotopic (exact) mass is 229 g/mol. The Morgan fingerprint density at radius 3 is 2.71 bits per heavy atom. The van der Waals surface area contributed by atoms with Crippen molar-refractivity contribution in [1.29, 1.82) is 0 Å². The quantitative estimate of drug-likeness (QED) is 0.493. The van der Waals surface area contributed by atoms with Crippen molar-refractivity contribution in [3.8, 4) is 0 Å². The molecule has 2 rings (SSSR count). The van der Waals surface area contributed by atoms with E-state index >= 15 is 0 Å². The Hall–Kier alpha value is -1.11. The summed E-state index contributed by atoms with van der Waals surface area (Å²) in [6, 6.07) is 0. The van der Waals surface area contributed by atoms with Gasteiger partial charge in [0.25, 0.3) is 0 Å². The minimum Gasteiger partial charge on any atom is -0.279 e. The molecule has 0 radical (unpaired) electrons. The summed E-state index contributed by atoms with van der Waals surface area (Å²) in [6.07, 6.45) is 17.0. The second-order valence-electron chi connectivity index (χ2n) is 5.10. The van der Waals surface area contributed by atoms with Crippen LogP contribution in [0.1, 0.15) is 51.9 Å². The molecule has 2 aliphatic carbocycles.